The molecule has 0 spiro atoms. The van der Waals surface area contributed by atoms with E-state index in [-0.39, 0.29) is 24.2 Å². The van der Waals surface area contributed by atoms with Gasteiger partial charge in [0.25, 0.3) is 0 Å². The second kappa shape index (κ2) is 8.24. The van der Waals surface area contributed by atoms with Gasteiger partial charge in [0.2, 0.25) is 5.78 Å². The Bertz CT molecular complexity index is 1040. The van der Waals surface area contributed by atoms with Crippen molar-refractivity contribution in [2.45, 2.75) is 26.8 Å². The molecule has 0 unspecified atom stereocenters. The smallest absolute Gasteiger partial charge is 0.348 e. The van der Waals surface area contributed by atoms with Crippen LogP contribution in [0.2, 0.25) is 0 Å². The number of hydrogen-bond acceptors (Lipinski definition) is 5. The van der Waals surface area contributed by atoms with E-state index in [1.165, 1.54) is 23.5 Å². The predicted octanol–water partition coefficient (Wildman–Crippen LogP) is 4.71. The van der Waals surface area contributed by atoms with E-state index in [0.29, 0.717) is 22.4 Å². The van der Waals surface area contributed by atoms with Gasteiger partial charge in [-0.25, -0.2) is 9.18 Å². The quantitative estimate of drug-likeness (QED) is 0.424. The average Bonchev–Trinajstić information content (AvgIpc) is 3.19. The molecule has 5 nitrogen and oxygen atoms in total. The van der Waals surface area contributed by atoms with E-state index < -0.39 is 5.97 Å². The fourth-order valence-corrected chi connectivity index (χ4v) is 4.39. The van der Waals surface area contributed by atoms with Crippen molar-refractivity contribution in [3.8, 4) is 0 Å². The number of ketones is 1. The number of Topliss-reactive ketones (excluding diaryl/α,β-unsaturated/α-hetero) is 1. The predicted molar refractivity (Wildman–Crippen MR) is 107 cm³/mol. The summed E-state index contributed by atoms with van der Waals surface area (Å²) in [6, 6.07) is 7.80. The van der Waals surface area contributed by atoms with Gasteiger partial charge in [0.1, 0.15) is 10.7 Å². The van der Waals surface area contributed by atoms with Crippen LogP contribution < -0.4 is 0 Å². The number of rotatable bonds is 7. The number of esters is 1. The zero-order valence-electron chi connectivity index (χ0n) is 16.2. The molecule has 0 amide bonds. The maximum Gasteiger partial charge on any atom is 0.348 e. The third-order valence-corrected chi connectivity index (χ3v) is 5.74. The number of fused-ring (bicyclic) bond motifs is 1. The number of thiophene rings is 1. The molecule has 1 aromatic carbocycles. The Morgan fingerprint density at radius 2 is 1.96 bits per heavy atom. The van der Waals surface area contributed by atoms with Crippen molar-refractivity contribution in [3.63, 3.8) is 0 Å². The molecule has 148 valence electrons. The second-order valence-corrected chi connectivity index (χ2v) is 7.84. The van der Waals surface area contributed by atoms with Crippen LogP contribution >= 0.6 is 11.3 Å². The summed E-state index contributed by atoms with van der Waals surface area (Å²) in [5.41, 5.74) is 2.30. The molecule has 0 aliphatic heterocycles. The molecule has 2 heterocycles. The number of nitrogens with zero attached hydrogens (tertiary/aromatic N) is 1. The monoisotopic (exact) mass is 403 g/mol. The van der Waals surface area contributed by atoms with E-state index in [0.717, 1.165) is 16.1 Å². The van der Waals surface area contributed by atoms with Crippen LogP contribution in [0.3, 0.4) is 0 Å². The summed E-state index contributed by atoms with van der Waals surface area (Å²) in [6.07, 6.45) is 0. The molecule has 0 aliphatic rings. The summed E-state index contributed by atoms with van der Waals surface area (Å²) in [6.45, 7) is 6.00. The minimum atomic E-state index is -0.587. The molecule has 0 bridgehead atoms. The molecular formula is C21H22FNO4S. The average molecular weight is 403 g/mol. The molecule has 0 N–H and O–H groups in total. The fourth-order valence-electron chi connectivity index (χ4n) is 3.45. The highest BCUT2D eigenvalue weighted by Gasteiger charge is 2.21. The maximum atomic E-state index is 13.3. The molecule has 0 aliphatic carbocycles. The van der Waals surface area contributed by atoms with Gasteiger partial charge in [-0.2, -0.15) is 0 Å². The molecule has 0 fully saturated rings. The van der Waals surface area contributed by atoms with Gasteiger partial charge >= 0.3 is 5.97 Å². The second-order valence-electron chi connectivity index (χ2n) is 6.75. The number of ether oxygens (including phenoxy) is 2. The van der Waals surface area contributed by atoms with Crippen LogP contribution in [0.15, 0.2) is 30.3 Å². The first-order valence-corrected chi connectivity index (χ1v) is 9.70. The largest absolute Gasteiger partial charge is 0.453 e. The minimum absolute atomic E-state index is 0.0908. The molecule has 2 aromatic heterocycles. The molecule has 7 heteroatoms. The van der Waals surface area contributed by atoms with Crippen molar-refractivity contribution in [1.29, 1.82) is 0 Å². The summed E-state index contributed by atoms with van der Waals surface area (Å²) >= 11 is 1.21. The van der Waals surface area contributed by atoms with E-state index in [1.54, 1.807) is 25.3 Å². The van der Waals surface area contributed by atoms with E-state index in [9.17, 15) is 14.0 Å². The van der Waals surface area contributed by atoms with Crippen molar-refractivity contribution < 1.29 is 23.5 Å². The third-order valence-electron chi connectivity index (χ3n) is 4.65. The Hall–Kier alpha value is -2.51. The van der Waals surface area contributed by atoms with Gasteiger partial charge in [-0.05, 0) is 56.5 Å². The molecule has 0 radical (unpaired) electrons. The number of carbonyl (C=O) groups is 2. The summed E-state index contributed by atoms with van der Waals surface area (Å²) in [5, 5.41) is 0.638. The normalized spacial score (nSPS) is 12.3. The SMILES string of the molecule is COC[C@@H](C)n1c(C)cc(C(=O)COC(=O)c2cc3cc(F)ccc3s2)c1C. The van der Waals surface area contributed by atoms with Crippen LogP contribution in [0.4, 0.5) is 4.39 Å². The molecule has 3 aromatic rings. The first kappa shape index (κ1) is 20.2. The van der Waals surface area contributed by atoms with Crippen molar-refractivity contribution in [1.82, 2.24) is 4.57 Å². The Morgan fingerprint density at radius 3 is 2.68 bits per heavy atom. The molecule has 0 saturated carbocycles. The summed E-state index contributed by atoms with van der Waals surface area (Å²) < 4.78 is 26.5. The topological polar surface area (TPSA) is 57.5 Å². The van der Waals surface area contributed by atoms with Crippen molar-refractivity contribution in [2.75, 3.05) is 20.3 Å². The fraction of sp³-hybridized carbons (Fsp3) is 0.333. The van der Waals surface area contributed by atoms with E-state index in [1.807, 2.05) is 25.3 Å². The molecule has 0 saturated heterocycles. The lowest BCUT2D eigenvalue weighted by molar-refractivity contribution is 0.0479. The van der Waals surface area contributed by atoms with Crippen molar-refractivity contribution >= 4 is 33.2 Å². The van der Waals surface area contributed by atoms with Gasteiger partial charge in [-0.1, -0.05) is 0 Å². The lowest BCUT2D eigenvalue weighted by atomic mass is 10.1. The molecular weight excluding hydrogens is 381 g/mol. The highest BCUT2D eigenvalue weighted by molar-refractivity contribution is 7.20. The number of methoxy groups -OCH3 is 1. The van der Waals surface area contributed by atoms with E-state index in [4.69, 9.17) is 9.47 Å². The molecule has 3 rings (SSSR count). The summed E-state index contributed by atoms with van der Waals surface area (Å²) in [5.74, 6) is -1.21. The van der Waals surface area contributed by atoms with Crippen LogP contribution in [-0.4, -0.2) is 36.6 Å². The van der Waals surface area contributed by atoms with Crippen LogP contribution in [0.1, 0.15) is 44.4 Å². The van der Waals surface area contributed by atoms with Crippen LogP contribution in [-0.2, 0) is 9.47 Å². The third kappa shape index (κ3) is 4.00. The first-order chi connectivity index (χ1) is 13.3. The minimum Gasteiger partial charge on any atom is -0.453 e. The molecule has 1 atom stereocenters. The van der Waals surface area contributed by atoms with Gasteiger partial charge in [-0.3, -0.25) is 4.79 Å². The number of aryl methyl sites for hydroxylation is 1. The number of benzene rings is 1. The van der Waals surface area contributed by atoms with Gasteiger partial charge in [0.05, 0.1) is 12.6 Å². The van der Waals surface area contributed by atoms with Crippen LogP contribution in [0, 0.1) is 19.7 Å². The highest BCUT2D eigenvalue weighted by Crippen LogP contribution is 2.27. The highest BCUT2D eigenvalue weighted by atomic mass is 32.1. The van der Waals surface area contributed by atoms with Crippen LogP contribution in [0.5, 0.6) is 0 Å². The van der Waals surface area contributed by atoms with Crippen molar-refractivity contribution in [2.24, 2.45) is 0 Å². The standard InChI is InChI=1S/C21H22FNO4S/c1-12-7-17(14(3)23(12)13(2)10-26-4)18(24)11-27-21(25)20-9-15-8-16(22)5-6-19(15)28-20/h5-9,13H,10-11H2,1-4H3/t13-/m1/s1. The Kier molecular flexibility index (Phi) is 5.96. The van der Waals surface area contributed by atoms with Crippen LogP contribution in [0.25, 0.3) is 10.1 Å². The summed E-state index contributed by atoms with van der Waals surface area (Å²) in [4.78, 5) is 25.2. The maximum absolute atomic E-state index is 13.3. The van der Waals surface area contributed by atoms with Gasteiger partial charge in [0.15, 0.2) is 6.61 Å². The number of aromatic nitrogens is 1. The Labute approximate surface area is 166 Å². The lowest BCUT2D eigenvalue weighted by Gasteiger charge is -2.17. The number of halogens is 1. The lowest BCUT2D eigenvalue weighted by Crippen LogP contribution is -2.16. The van der Waals surface area contributed by atoms with E-state index >= 15 is 0 Å². The first-order valence-electron chi connectivity index (χ1n) is 8.88. The Morgan fingerprint density at radius 1 is 1.21 bits per heavy atom. The van der Waals surface area contributed by atoms with Gasteiger partial charge in [0, 0.05) is 28.8 Å². The summed E-state index contributed by atoms with van der Waals surface area (Å²) in [7, 11) is 1.64. The van der Waals surface area contributed by atoms with Crippen molar-refractivity contribution in [3.05, 3.63) is 58.0 Å². The zero-order chi connectivity index (χ0) is 20.4. The Balaban J connectivity index is 1.71. The number of carbonyl (C=O) groups excluding carboxylic acids is 2. The molecule has 28 heavy (non-hydrogen) atoms. The van der Waals surface area contributed by atoms with Gasteiger partial charge < -0.3 is 14.0 Å². The van der Waals surface area contributed by atoms with E-state index in [2.05, 4.69) is 0 Å². The number of hydrogen-bond donors (Lipinski definition) is 0. The zero-order valence-corrected chi connectivity index (χ0v) is 17.1. The van der Waals surface area contributed by atoms with Gasteiger partial charge in [-0.15, -0.1) is 11.3 Å².